The van der Waals surface area contributed by atoms with E-state index in [2.05, 4.69) is 27.8 Å². The standard InChI is InChI=1S/C9H7BrF2N2O2/c1-5(10)4-13-9-7(14(15)16)3-2-6(11)8(9)12/h2-3,13H,1,4H2. The highest BCUT2D eigenvalue weighted by molar-refractivity contribution is 9.11. The number of benzene rings is 1. The maximum atomic E-state index is 13.3. The number of anilines is 1. The molecule has 0 saturated carbocycles. The van der Waals surface area contributed by atoms with Crippen molar-refractivity contribution in [3.63, 3.8) is 0 Å². The molecule has 0 atom stereocenters. The van der Waals surface area contributed by atoms with Crippen molar-refractivity contribution in [2.45, 2.75) is 0 Å². The van der Waals surface area contributed by atoms with Crippen LogP contribution in [-0.4, -0.2) is 11.5 Å². The first-order valence-electron chi connectivity index (χ1n) is 4.13. The van der Waals surface area contributed by atoms with Gasteiger partial charge in [0.2, 0.25) is 0 Å². The smallest absolute Gasteiger partial charge is 0.295 e. The molecule has 0 aliphatic carbocycles. The highest BCUT2D eigenvalue weighted by Crippen LogP contribution is 2.29. The number of nitrogens with zero attached hydrogens (tertiary/aromatic N) is 1. The molecule has 0 aliphatic heterocycles. The van der Waals surface area contributed by atoms with E-state index in [9.17, 15) is 18.9 Å². The summed E-state index contributed by atoms with van der Waals surface area (Å²) in [5.41, 5.74) is -1.00. The van der Waals surface area contributed by atoms with Gasteiger partial charge in [-0.05, 0) is 6.07 Å². The van der Waals surface area contributed by atoms with Crippen molar-refractivity contribution in [3.8, 4) is 0 Å². The molecular formula is C9H7BrF2N2O2. The topological polar surface area (TPSA) is 55.2 Å². The van der Waals surface area contributed by atoms with Gasteiger partial charge in [-0.3, -0.25) is 10.1 Å². The molecule has 7 heteroatoms. The highest BCUT2D eigenvalue weighted by atomic mass is 79.9. The number of hydrogen-bond acceptors (Lipinski definition) is 3. The Balaban J connectivity index is 3.15. The molecule has 1 aromatic rings. The minimum atomic E-state index is -1.28. The summed E-state index contributed by atoms with van der Waals surface area (Å²) in [7, 11) is 0. The lowest BCUT2D eigenvalue weighted by atomic mass is 10.2. The van der Waals surface area contributed by atoms with Crippen LogP contribution in [0.4, 0.5) is 20.2 Å². The number of halogens is 3. The summed E-state index contributed by atoms with van der Waals surface area (Å²) in [5.74, 6) is -2.42. The predicted octanol–water partition coefficient (Wildman–Crippen LogP) is 3.19. The van der Waals surface area contributed by atoms with Crippen molar-refractivity contribution in [1.82, 2.24) is 0 Å². The summed E-state index contributed by atoms with van der Waals surface area (Å²) >= 11 is 2.99. The zero-order valence-corrected chi connectivity index (χ0v) is 9.55. The third-order valence-electron chi connectivity index (χ3n) is 1.73. The monoisotopic (exact) mass is 292 g/mol. The summed E-state index contributed by atoms with van der Waals surface area (Å²) in [5, 5.41) is 13.0. The van der Waals surface area contributed by atoms with Crippen LogP contribution in [0.2, 0.25) is 0 Å². The summed E-state index contributed by atoms with van der Waals surface area (Å²) in [6.07, 6.45) is 0. The van der Waals surface area contributed by atoms with Crippen LogP contribution in [-0.2, 0) is 0 Å². The van der Waals surface area contributed by atoms with Crippen LogP contribution in [0.3, 0.4) is 0 Å². The van der Waals surface area contributed by atoms with Gasteiger partial charge in [-0.1, -0.05) is 22.5 Å². The Bertz CT molecular complexity index is 451. The normalized spacial score (nSPS) is 9.94. The summed E-state index contributed by atoms with van der Waals surface area (Å²) in [4.78, 5) is 9.78. The number of rotatable bonds is 4. The Labute approximate surface area is 98.2 Å². The fourth-order valence-corrected chi connectivity index (χ4v) is 1.19. The minimum Gasteiger partial charge on any atom is -0.372 e. The molecule has 4 nitrogen and oxygen atoms in total. The van der Waals surface area contributed by atoms with Crippen molar-refractivity contribution in [2.75, 3.05) is 11.9 Å². The fourth-order valence-electron chi connectivity index (χ4n) is 1.05. The molecule has 0 aliphatic rings. The van der Waals surface area contributed by atoms with E-state index in [4.69, 9.17) is 0 Å². The lowest BCUT2D eigenvalue weighted by Crippen LogP contribution is -2.07. The van der Waals surface area contributed by atoms with E-state index >= 15 is 0 Å². The Hall–Kier alpha value is -1.50. The van der Waals surface area contributed by atoms with Gasteiger partial charge in [-0.25, -0.2) is 8.78 Å². The maximum absolute atomic E-state index is 13.3. The van der Waals surface area contributed by atoms with Gasteiger partial charge in [0.15, 0.2) is 17.3 Å². The highest BCUT2D eigenvalue weighted by Gasteiger charge is 2.21. The molecule has 0 bridgehead atoms. The molecule has 86 valence electrons. The lowest BCUT2D eigenvalue weighted by Gasteiger charge is -2.07. The van der Waals surface area contributed by atoms with Crippen LogP contribution in [0, 0.1) is 21.7 Å². The lowest BCUT2D eigenvalue weighted by molar-refractivity contribution is -0.384. The second-order valence-electron chi connectivity index (χ2n) is 2.88. The Kier molecular flexibility index (Phi) is 3.94. The van der Waals surface area contributed by atoms with Crippen molar-refractivity contribution >= 4 is 27.3 Å². The molecule has 0 heterocycles. The van der Waals surface area contributed by atoms with Crippen molar-refractivity contribution in [2.24, 2.45) is 0 Å². The van der Waals surface area contributed by atoms with Crippen LogP contribution in [0.15, 0.2) is 23.2 Å². The average molecular weight is 293 g/mol. The van der Waals surface area contributed by atoms with Crippen molar-refractivity contribution in [1.29, 1.82) is 0 Å². The van der Waals surface area contributed by atoms with Gasteiger partial charge in [0, 0.05) is 17.1 Å². The molecule has 0 saturated heterocycles. The Morgan fingerprint density at radius 2 is 2.19 bits per heavy atom. The SMILES string of the molecule is C=C(Br)CNc1c([N+](=O)[O-])ccc(F)c1F. The second kappa shape index (κ2) is 5.02. The number of hydrogen-bond donors (Lipinski definition) is 1. The van der Waals surface area contributed by atoms with Gasteiger partial charge < -0.3 is 5.32 Å². The van der Waals surface area contributed by atoms with E-state index in [0.29, 0.717) is 10.5 Å². The van der Waals surface area contributed by atoms with Gasteiger partial charge in [0.25, 0.3) is 5.69 Å². The third kappa shape index (κ3) is 2.75. The first-order chi connectivity index (χ1) is 7.43. The number of nitro benzene ring substituents is 1. The van der Waals surface area contributed by atoms with Gasteiger partial charge in [-0.15, -0.1) is 0 Å². The quantitative estimate of drug-likeness (QED) is 0.685. The van der Waals surface area contributed by atoms with Crippen LogP contribution in [0.5, 0.6) is 0 Å². The average Bonchev–Trinajstić information content (AvgIpc) is 2.19. The zero-order valence-electron chi connectivity index (χ0n) is 7.97. The summed E-state index contributed by atoms with van der Waals surface area (Å²) in [6, 6.07) is 1.61. The summed E-state index contributed by atoms with van der Waals surface area (Å²) < 4.78 is 26.6. The Morgan fingerprint density at radius 1 is 1.56 bits per heavy atom. The van der Waals surface area contributed by atoms with E-state index in [1.807, 2.05) is 0 Å². The van der Waals surface area contributed by atoms with Gasteiger partial charge in [0.05, 0.1) is 4.92 Å². The summed E-state index contributed by atoms with van der Waals surface area (Å²) in [6.45, 7) is 3.52. The van der Waals surface area contributed by atoms with E-state index in [1.54, 1.807) is 0 Å². The van der Waals surface area contributed by atoms with Crippen molar-refractivity contribution < 1.29 is 13.7 Å². The number of nitro groups is 1. The third-order valence-corrected chi connectivity index (χ3v) is 2.01. The fraction of sp³-hybridized carbons (Fsp3) is 0.111. The zero-order chi connectivity index (χ0) is 12.3. The molecule has 0 fully saturated rings. The first-order valence-corrected chi connectivity index (χ1v) is 4.92. The van der Waals surface area contributed by atoms with E-state index < -0.39 is 27.9 Å². The first kappa shape index (κ1) is 12.6. The molecular weight excluding hydrogens is 286 g/mol. The second-order valence-corrected chi connectivity index (χ2v) is 4.00. The van der Waals surface area contributed by atoms with E-state index in [0.717, 1.165) is 6.07 Å². The predicted molar refractivity (Wildman–Crippen MR) is 59.6 cm³/mol. The molecule has 1 N–H and O–H groups in total. The van der Waals surface area contributed by atoms with Crippen LogP contribution in [0.25, 0.3) is 0 Å². The number of nitrogens with one attached hydrogen (secondary N) is 1. The van der Waals surface area contributed by atoms with Crippen LogP contribution in [0.1, 0.15) is 0 Å². The molecule has 0 unspecified atom stereocenters. The molecule has 1 aromatic carbocycles. The Morgan fingerprint density at radius 3 is 2.69 bits per heavy atom. The van der Waals surface area contributed by atoms with Gasteiger partial charge in [0.1, 0.15) is 0 Å². The van der Waals surface area contributed by atoms with Gasteiger partial charge in [-0.2, -0.15) is 0 Å². The molecule has 1 rings (SSSR count). The molecule has 0 radical (unpaired) electrons. The van der Waals surface area contributed by atoms with E-state index in [1.165, 1.54) is 0 Å². The largest absolute Gasteiger partial charge is 0.372 e. The maximum Gasteiger partial charge on any atom is 0.295 e. The van der Waals surface area contributed by atoms with Crippen LogP contribution >= 0.6 is 15.9 Å². The minimum absolute atomic E-state index is 0.0568. The molecule has 0 spiro atoms. The molecule has 0 amide bonds. The van der Waals surface area contributed by atoms with Crippen molar-refractivity contribution in [3.05, 3.63) is 44.9 Å². The van der Waals surface area contributed by atoms with E-state index in [-0.39, 0.29) is 6.54 Å². The molecule has 16 heavy (non-hydrogen) atoms. The van der Waals surface area contributed by atoms with Crippen LogP contribution < -0.4 is 5.32 Å². The molecule has 0 aromatic heterocycles. The van der Waals surface area contributed by atoms with Gasteiger partial charge >= 0.3 is 0 Å².